The van der Waals surface area contributed by atoms with Gasteiger partial charge in [-0.25, -0.2) is 0 Å². The second-order valence-electron chi connectivity index (χ2n) is 6.43. The number of nitrogens with one attached hydrogen (secondary N) is 1. The quantitative estimate of drug-likeness (QED) is 0.909. The predicted octanol–water partition coefficient (Wildman–Crippen LogP) is 2.92. The molecule has 0 saturated carbocycles. The van der Waals surface area contributed by atoms with Gasteiger partial charge in [-0.2, -0.15) is 0 Å². The monoisotopic (exact) mass is 304 g/mol. The summed E-state index contributed by atoms with van der Waals surface area (Å²) in [6, 6.07) is 6.96. The molecule has 1 aromatic carbocycles. The molecule has 0 aliphatic carbocycles. The minimum Gasteiger partial charge on any atom is -0.497 e. The Balaban J connectivity index is 1.92. The minimum atomic E-state index is 0.188. The number of amides is 1. The molecular formula is C18H28N2O2. The van der Waals surface area contributed by atoms with Gasteiger partial charge in [-0.05, 0) is 42.0 Å². The summed E-state index contributed by atoms with van der Waals surface area (Å²) in [6.07, 6.45) is 2.06. The first-order valence-corrected chi connectivity index (χ1v) is 8.16. The summed E-state index contributed by atoms with van der Waals surface area (Å²) < 4.78 is 5.41. The van der Waals surface area contributed by atoms with E-state index in [1.807, 2.05) is 4.90 Å². The van der Waals surface area contributed by atoms with Gasteiger partial charge in [0.25, 0.3) is 0 Å². The van der Waals surface area contributed by atoms with E-state index in [4.69, 9.17) is 4.74 Å². The van der Waals surface area contributed by atoms with Crippen LogP contribution in [0.1, 0.15) is 50.7 Å². The molecule has 22 heavy (non-hydrogen) atoms. The summed E-state index contributed by atoms with van der Waals surface area (Å²) in [4.78, 5) is 13.3. The van der Waals surface area contributed by atoms with Gasteiger partial charge in [0.2, 0.25) is 5.91 Å². The maximum Gasteiger partial charge on any atom is 0.219 e. The number of carbonyl (C=O) groups is 1. The topological polar surface area (TPSA) is 41.6 Å². The van der Waals surface area contributed by atoms with Gasteiger partial charge in [0, 0.05) is 32.6 Å². The van der Waals surface area contributed by atoms with E-state index in [1.165, 1.54) is 11.1 Å². The third-order valence-electron chi connectivity index (χ3n) is 4.43. The summed E-state index contributed by atoms with van der Waals surface area (Å²) in [7, 11) is 1.72. The Kier molecular flexibility index (Phi) is 5.83. The Labute approximate surface area is 133 Å². The first-order chi connectivity index (χ1) is 10.5. The molecule has 0 atom stereocenters. The number of rotatable bonds is 5. The first kappa shape index (κ1) is 16.8. The minimum absolute atomic E-state index is 0.188. The van der Waals surface area contributed by atoms with Crippen LogP contribution in [0.4, 0.5) is 0 Å². The van der Waals surface area contributed by atoms with E-state index in [0.29, 0.717) is 12.0 Å². The van der Waals surface area contributed by atoms with Gasteiger partial charge in [-0.15, -0.1) is 0 Å². The zero-order valence-electron chi connectivity index (χ0n) is 14.2. The number of hydrogen-bond donors (Lipinski definition) is 1. The third kappa shape index (κ3) is 4.47. The molecule has 1 aliphatic heterocycles. The number of hydrogen-bond acceptors (Lipinski definition) is 3. The van der Waals surface area contributed by atoms with E-state index in [9.17, 15) is 4.79 Å². The van der Waals surface area contributed by atoms with Gasteiger partial charge in [0.15, 0.2) is 0 Å². The standard InChI is InChI=1S/C18H28N2O2/c1-13(2)16-9-15(10-18(11-16)22-4)12-19-17-5-7-20(8-6-17)14(3)21/h9-11,13,17,19H,5-8,12H2,1-4H3. The van der Waals surface area contributed by atoms with Crippen molar-refractivity contribution in [2.45, 2.75) is 52.1 Å². The van der Waals surface area contributed by atoms with E-state index >= 15 is 0 Å². The molecule has 4 nitrogen and oxygen atoms in total. The molecule has 0 unspecified atom stereocenters. The molecule has 1 aliphatic rings. The molecule has 1 amide bonds. The lowest BCUT2D eigenvalue weighted by Gasteiger charge is -2.31. The molecular weight excluding hydrogens is 276 g/mol. The molecule has 0 radical (unpaired) electrons. The molecule has 4 heteroatoms. The van der Waals surface area contributed by atoms with Gasteiger partial charge in [0.05, 0.1) is 7.11 Å². The van der Waals surface area contributed by atoms with Crippen molar-refractivity contribution in [3.05, 3.63) is 29.3 Å². The van der Waals surface area contributed by atoms with E-state index < -0.39 is 0 Å². The van der Waals surface area contributed by atoms with Crippen molar-refractivity contribution in [3.8, 4) is 5.75 Å². The highest BCUT2D eigenvalue weighted by Gasteiger charge is 2.20. The van der Waals surface area contributed by atoms with Gasteiger partial charge in [0.1, 0.15) is 5.75 Å². The van der Waals surface area contributed by atoms with Crippen molar-refractivity contribution >= 4 is 5.91 Å². The van der Waals surface area contributed by atoms with E-state index in [-0.39, 0.29) is 5.91 Å². The average molecular weight is 304 g/mol. The van der Waals surface area contributed by atoms with Crippen LogP contribution in [0.25, 0.3) is 0 Å². The van der Waals surface area contributed by atoms with E-state index in [1.54, 1.807) is 14.0 Å². The van der Waals surface area contributed by atoms with Crippen molar-refractivity contribution < 1.29 is 9.53 Å². The molecule has 1 saturated heterocycles. The zero-order valence-corrected chi connectivity index (χ0v) is 14.2. The lowest BCUT2D eigenvalue weighted by Crippen LogP contribution is -2.43. The summed E-state index contributed by atoms with van der Waals surface area (Å²) in [5.41, 5.74) is 2.57. The highest BCUT2D eigenvalue weighted by molar-refractivity contribution is 5.73. The van der Waals surface area contributed by atoms with E-state index in [0.717, 1.165) is 38.2 Å². The first-order valence-electron chi connectivity index (χ1n) is 8.16. The van der Waals surface area contributed by atoms with Crippen molar-refractivity contribution in [2.75, 3.05) is 20.2 Å². The van der Waals surface area contributed by atoms with Crippen LogP contribution in [0.5, 0.6) is 5.75 Å². The van der Waals surface area contributed by atoms with Crippen LogP contribution in [0.15, 0.2) is 18.2 Å². The Bertz CT molecular complexity index is 506. The summed E-state index contributed by atoms with van der Waals surface area (Å²) >= 11 is 0. The van der Waals surface area contributed by atoms with Crippen molar-refractivity contribution in [3.63, 3.8) is 0 Å². The van der Waals surface area contributed by atoms with Crippen molar-refractivity contribution in [2.24, 2.45) is 0 Å². The van der Waals surface area contributed by atoms with E-state index in [2.05, 4.69) is 37.4 Å². The molecule has 122 valence electrons. The molecule has 0 bridgehead atoms. The summed E-state index contributed by atoms with van der Waals surface area (Å²) in [5.74, 6) is 1.61. The van der Waals surface area contributed by atoms with Gasteiger partial charge in [-0.1, -0.05) is 19.9 Å². The Hall–Kier alpha value is -1.55. The number of carbonyl (C=O) groups excluding carboxylic acids is 1. The highest BCUT2D eigenvalue weighted by Crippen LogP contribution is 2.23. The molecule has 2 rings (SSSR count). The number of methoxy groups -OCH3 is 1. The van der Waals surface area contributed by atoms with Crippen LogP contribution >= 0.6 is 0 Å². The van der Waals surface area contributed by atoms with Crippen molar-refractivity contribution in [1.82, 2.24) is 10.2 Å². The van der Waals surface area contributed by atoms with Crippen LogP contribution < -0.4 is 10.1 Å². The lowest BCUT2D eigenvalue weighted by atomic mass is 9.99. The third-order valence-corrected chi connectivity index (χ3v) is 4.43. The Morgan fingerprint density at radius 2 is 2.00 bits per heavy atom. The van der Waals surface area contributed by atoms with Crippen LogP contribution in [0.2, 0.25) is 0 Å². The predicted molar refractivity (Wildman–Crippen MR) is 89.2 cm³/mol. The maximum atomic E-state index is 11.3. The normalized spacial score (nSPS) is 16.1. The molecule has 1 N–H and O–H groups in total. The van der Waals surface area contributed by atoms with Crippen LogP contribution in [0.3, 0.4) is 0 Å². The fraction of sp³-hybridized carbons (Fsp3) is 0.611. The fourth-order valence-electron chi connectivity index (χ4n) is 2.90. The second kappa shape index (κ2) is 7.63. The molecule has 1 heterocycles. The van der Waals surface area contributed by atoms with Gasteiger partial charge in [-0.3, -0.25) is 4.79 Å². The maximum absolute atomic E-state index is 11.3. The molecule has 1 aromatic rings. The number of likely N-dealkylation sites (tertiary alicyclic amines) is 1. The van der Waals surface area contributed by atoms with Gasteiger partial charge < -0.3 is 15.0 Å². The summed E-state index contributed by atoms with van der Waals surface area (Å²) in [5, 5.41) is 3.62. The van der Waals surface area contributed by atoms with Crippen LogP contribution in [-0.2, 0) is 11.3 Å². The number of benzene rings is 1. The van der Waals surface area contributed by atoms with Crippen LogP contribution in [-0.4, -0.2) is 37.0 Å². The average Bonchev–Trinajstić information content (AvgIpc) is 2.52. The molecule has 0 aromatic heterocycles. The van der Waals surface area contributed by atoms with Gasteiger partial charge >= 0.3 is 0 Å². The van der Waals surface area contributed by atoms with Crippen LogP contribution in [0, 0.1) is 0 Å². The largest absolute Gasteiger partial charge is 0.497 e. The smallest absolute Gasteiger partial charge is 0.219 e. The SMILES string of the molecule is COc1cc(CNC2CCN(C(C)=O)CC2)cc(C(C)C)c1. The molecule has 0 spiro atoms. The summed E-state index contributed by atoms with van der Waals surface area (Å²) in [6.45, 7) is 8.62. The van der Waals surface area contributed by atoms with Crippen molar-refractivity contribution in [1.29, 1.82) is 0 Å². The lowest BCUT2D eigenvalue weighted by molar-refractivity contribution is -0.129. The Morgan fingerprint density at radius 1 is 1.32 bits per heavy atom. The number of ether oxygens (including phenoxy) is 1. The molecule has 1 fully saturated rings. The highest BCUT2D eigenvalue weighted by atomic mass is 16.5. The fourth-order valence-corrected chi connectivity index (χ4v) is 2.90. The number of nitrogens with zero attached hydrogens (tertiary/aromatic N) is 1. The number of piperidine rings is 1. The zero-order chi connectivity index (χ0) is 16.1. The second-order valence-corrected chi connectivity index (χ2v) is 6.43. The Morgan fingerprint density at radius 3 is 2.55 bits per heavy atom.